The topological polar surface area (TPSA) is 114 Å². The summed E-state index contributed by atoms with van der Waals surface area (Å²) < 4.78 is 22.3. The summed E-state index contributed by atoms with van der Waals surface area (Å²) in [5.41, 5.74) is 0. The van der Waals surface area contributed by atoms with E-state index >= 15 is 0 Å². The Hall–Kier alpha value is -2.16. The smallest absolute Gasteiger partial charge is 0.306 e. The molecule has 0 unspecified atom stereocenters. The van der Waals surface area contributed by atoms with Crippen molar-refractivity contribution >= 4 is 23.9 Å². The molecule has 0 atom stereocenters. The maximum Gasteiger partial charge on any atom is 0.306 e. The SMILES string of the molecule is CCOCC.COC(=O)CCC(=O)OC.COC(=O)CCCCC(=O)OC. The lowest BCUT2D eigenvalue weighted by Gasteiger charge is -1.98. The van der Waals surface area contributed by atoms with E-state index in [1.807, 2.05) is 13.8 Å². The number of carbonyl (C=O) groups is 4. The van der Waals surface area contributed by atoms with Gasteiger partial charge in [-0.15, -0.1) is 0 Å². The highest BCUT2D eigenvalue weighted by atomic mass is 16.5. The zero-order chi connectivity index (χ0) is 21.5. The van der Waals surface area contributed by atoms with Crippen molar-refractivity contribution in [2.45, 2.75) is 52.4 Å². The Balaban J connectivity index is -0.000000347. The van der Waals surface area contributed by atoms with Gasteiger partial charge in [0.25, 0.3) is 0 Å². The molecule has 0 radical (unpaired) electrons. The number of ether oxygens (including phenoxy) is 5. The molecule has 0 saturated carbocycles. The largest absolute Gasteiger partial charge is 0.469 e. The van der Waals surface area contributed by atoms with E-state index in [0.29, 0.717) is 25.7 Å². The van der Waals surface area contributed by atoms with Crippen LogP contribution in [0.1, 0.15) is 52.4 Å². The van der Waals surface area contributed by atoms with Gasteiger partial charge in [-0.1, -0.05) is 0 Å². The molecule has 160 valence electrons. The van der Waals surface area contributed by atoms with Crippen LogP contribution in [0.25, 0.3) is 0 Å². The number of rotatable bonds is 10. The molecule has 0 saturated heterocycles. The van der Waals surface area contributed by atoms with Crippen LogP contribution in [-0.2, 0) is 42.9 Å². The first-order valence-corrected chi connectivity index (χ1v) is 8.67. The predicted octanol–water partition coefficient (Wildman–Crippen LogP) is 2.05. The van der Waals surface area contributed by atoms with Gasteiger partial charge in [-0.2, -0.15) is 0 Å². The first-order valence-electron chi connectivity index (χ1n) is 8.67. The molecule has 0 rings (SSSR count). The van der Waals surface area contributed by atoms with Gasteiger partial charge in [0.2, 0.25) is 0 Å². The third kappa shape index (κ3) is 28.9. The lowest BCUT2D eigenvalue weighted by atomic mass is 10.2. The molecular formula is C18H34O9. The number of hydrogen-bond donors (Lipinski definition) is 0. The fourth-order valence-corrected chi connectivity index (χ4v) is 1.36. The summed E-state index contributed by atoms with van der Waals surface area (Å²) in [5, 5.41) is 0. The Labute approximate surface area is 161 Å². The number of carbonyl (C=O) groups excluding carboxylic acids is 4. The highest BCUT2D eigenvalue weighted by molar-refractivity contribution is 5.77. The number of hydrogen-bond acceptors (Lipinski definition) is 9. The van der Waals surface area contributed by atoms with Crippen molar-refractivity contribution in [1.82, 2.24) is 0 Å². The van der Waals surface area contributed by atoms with E-state index in [0.717, 1.165) is 13.2 Å². The van der Waals surface area contributed by atoms with Gasteiger partial charge in [-0.3, -0.25) is 19.2 Å². The molecule has 0 aliphatic rings. The number of esters is 4. The molecule has 0 bridgehead atoms. The summed E-state index contributed by atoms with van der Waals surface area (Å²) in [5.74, 6) is -1.27. The van der Waals surface area contributed by atoms with Gasteiger partial charge in [0.15, 0.2) is 0 Å². The molecular weight excluding hydrogens is 360 g/mol. The summed E-state index contributed by atoms with van der Waals surface area (Å²) in [4.78, 5) is 42.0. The van der Waals surface area contributed by atoms with Crippen molar-refractivity contribution in [1.29, 1.82) is 0 Å². The van der Waals surface area contributed by atoms with E-state index in [9.17, 15) is 19.2 Å². The molecule has 0 N–H and O–H groups in total. The summed E-state index contributed by atoms with van der Waals surface area (Å²) in [6.45, 7) is 5.67. The summed E-state index contributed by atoms with van der Waals surface area (Å²) in [7, 11) is 5.25. The second kappa shape index (κ2) is 23.8. The monoisotopic (exact) mass is 394 g/mol. The fraction of sp³-hybridized carbons (Fsp3) is 0.778. The van der Waals surface area contributed by atoms with E-state index in [-0.39, 0.29) is 24.8 Å². The average Bonchev–Trinajstić information content (AvgIpc) is 2.69. The Morgan fingerprint density at radius 3 is 0.963 bits per heavy atom. The van der Waals surface area contributed by atoms with Gasteiger partial charge in [-0.25, -0.2) is 0 Å². The Bertz CT molecular complexity index is 358. The minimum absolute atomic E-state index is 0.0865. The lowest BCUT2D eigenvalue weighted by Crippen LogP contribution is -2.06. The van der Waals surface area contributed by atoms with Crippen molar-refractivity contribution in [3.05, 3.63) is 0 Å². The highest BCUT2D eigenvalue weighted by Gasteiger charge is 2.05. The maximum absolute atomic E-state index is 10.6. The first kappa shape index (κ1) is 29.6. The standard InChI is InChI=1S/C8H14O4.C6H10O4.C4H10O/c1-11-7(9)5-3-4-6-8(10)12-2;1-9-5(7)3-4-6(8)10-2;1-3-5-4-2/h3-6H2,1-2H3;3-4H2,1-2H3;3-4H2,1-2H3. The van der Waals surface area contributed by atoms with Crippen LogP contribution < -0.4 is 0 Å². The predicted molar refractivity (Wildman–Crippen MR) is 97.9 cm³/mol. The normalized spacial score (nSPS) is 8.81. The minimum Gasteiger partial charge on any atom is -0.469 e. The summed E-state index contributed by atoms with van der Waals surface area (Å²) in [6, 6.07) is 0. The van der Waals surface area contributed by atoms with Crippen LogP contribution in [0.3, 0.4) is 0 Å². The first-order chi connectivity index (χ1) is 12.8. The highest BCUT2D eigenvalue weighted by Crippen LogP contribution is 2.01. The molecule has 27 heavy (non-hydrogen) atoms. The summed E-state index contributed by atoms with van der Waals surface area (Å²) >= 11 is 0. The minimum atomic E-state index is -0.398. The molecule has 0 aromatic rings. The van der Waals surface area contributed by atoms with Crippen molar-refractivity contribution in [2.24, 2.45) is 0 Å². The Morgan fingerprint density at radius 1 is 0.519 bits per heavy atom. The molecule has 0 fully saturated rings. The third-order valence-corrected chi connectivity index (χ3v) is 2.86. The molecule has 0 aliphatic carbocycles. The van der Waals surface area contributed by atoms with Crippen LogP contribution in [0.4, 0.5) is 0 Å². The van der Waals surface area contributed by atoms with E-state index in [4.69, 9.17) is 4.74 Å². The Morgan fingerprint density at radius 2 is 0.778 bits per heavy atom. The van der Waals surface area contributed by atoms with Crippen molar-refractivity contribution in [2.75, 3.05) is 41.7 Å². The molecule has 0 amide bonds. The number of methoxy groups -OCH3 is 4. The van der Waals surface area contributed by atoms with Crippen molar-refractivity contribution < 1.29 is 42.9 Å². The van der Waals surface area contributed by atoms with Crippen molar-refractivity contribution in [3.63, 3.8) is 0 Å². The van der Waals surface area contributed by atoms with Gasteiger partial charge in [0, 0.05) is 26.1 Å². The van der Waals surface area contributed by atoms with E-state index in [1.54, 1.807) is 0 Å². The molecule has 0 spiro atoms. The zero-order valence-electron chi connectivity index (χ0n) is 17.3. The fourth-order valence-electron chi connectivity index (χ4n) is 1.36. The second-order valence-electron chi connectivity index (χ2n) is 4.79. The summed E-state index contributed by atoms with van der Waals surface area (Å²) in [6.07, 6.45) is 2.25. The van der Waals surface area contributed by atoms with Crippen LogP contribution in [-0.4, -0.2) is 65.5 Å². The van der Waals surface area contributed by atoms with Gasteiger partial charge in [0.05, 0.1) is 41.3 Å². The van der Waals surface area contributed by atoms with Crippen molar-refractivity contribution in [3.8, 4) is 0 Å². The van der Waals surface area contributed by atoms with Gasteiger partial charge in [0.1, 0.15) is 0 Å². The van der Waals surface area contributed by atoms with Gasteiger partial charge < -0.3 is 23.7 Å². The van der Waals surface area contributed by atoms with Crippen LogP contribution >= 0.6 is 0 Å². The second-order valence-corrected chi connectivity index (χ2v) is 4.79. The third-order valence-electron chi connectivity index (χ3n) is 2.86. The molecule has 0 aromatic carbocycles. The maximum atomic E-state index is 10.6. The van der Waals surface area contributed by atoms with E-state index in [2.05, 4.69) is 18.9 Å². The van der Waals surface area contributed by atoms with Crippen LogP contribution in [0.15, 0.2) is 0 Å². The molecule has 9 heteroatoms. The zero-order valence-corrected chi connectivity index (χ0v) is 17.3. The van der Waals surface area contributed by atoms with E-state index < -0.39 is 11.9 Å². The quantitative estimate of drug-likeness (QED) is 0.312. The average molecular weight is 394 g/mol. The van der Waals surface area contributed by atoms with Crippen LogP contribution in [0, 0.1) is 0 Å². The number of unbranched alkanes of at least 4 members (excludes halogenated alkanes) is 1. The molecule has 0 heterocycles. The lowest BCUT2D eigenvalue weighted by molar-refractivity contribution is -0.147. The van der Waals surface area contributed by atoms with Crippen LogP contribution in [0.2, 0.25) is 0 Å². The molecule has 9 nitrogen and oxygen atoms in total. The Kier molecular flexibility index (Phi) is 26.1. The van der Waals surface area contributed by atoms with Gasteiger partial charge >= 0.3 is 23.9 Å². The van der Waals surface area contributed by atoms with Gasteiger partial charge in [-0.05, 0) is 26.7 Å². The van der Waals surface area contributed by atoms with E-state index in [1.165, 1.54) is 28.4 Å². The van der Waals surface area contributed by atoms with Crippen LogP contribution in [0.5, 0.6) is 0 Å². The molecule has 0 aromatic heterocycles. The molecule has 0 aliphatic heterocycles.